The third kappa shape index (κ3) is 4.58. The van der Waals surface area contributed by atoms with E-state index in [2.05, 4.69) is 4.98 Å². The lowest BCUT2D eigenvalue weighted by Crippen LogP contribution is -2.46. The van der Waals surface area contributed by atoms with E-state index in [1.807, 2.05) is 0 Å². The minimum atomic E-state index is -5.08. The van der Waals surface area contributed by atoms with Crippen LogP contribution in [0.1, 0.15) is 34.3 Å². The molecule has 3 aromatic rings. The third-order valence-electron chi connectivity index (χ3n) is 5.61. The molecular formula is C24H20ClF4NO4. The minimum absolute atomic E-state index is 0.0166. The van der Waals surface area contributed by atoms with Crippen LogP contribution >= 0.6 is 11.6 Å². The Labute approximate surface area is 197 Å². The number of esters is 1. The minimum Gasteiger partial charge on any atom is -0.481 e. The normalized spacial score (nSPS) is 14.3. The van der Waals surface area contributed by atoms with Crippen LogP contribution in [-0.4, -0.2) is 36.5 Å². The topological polar surface area (TPSA) is 68.7 Å². The van der Waals surface area contributed by atoms with Gasteiger partial charge in [0.05, 0.1) is 19.8 Å². The molecule has 1 heterocycles. The Kier molecular flexibility index (Phi) is 7.18. The van der Waals surface area contributed by atoms with Gasteiger partial charge in [-0.1, -0.05) is 30.7 Å². The Bertz CT molecular complexity index is 1200. The van der Waals surface area contributed by atoms with Gasteiger partial charge in [0.1, 0.15) is 5.82 Å². The molecular weight excluding hydrogens is 478 g/mol. The van der Waals surface area contributed by atoms with Crippen molar-refractivity contribution in [3.63, 3.8) is 0 Å². The summed E-state index contributed by atoms with van der Waals surface area (Å²) in [6.07, 6.45) is -4.19. The largest absolute Gasteiger partial charge is 0.481 e. The van der Waals surface area contributed by atoms with E-state index in [0.29, 0.717) is 0 Å². The van der Waals surface area contributed by atoms with E-state index in [-0.39, 0.29) is 33.2 Å². The van der Waals surface area contributed by atoms with Crippen LogP contribution < -0.4 is 4.74 Å². The van der Waals surface area contributed by atoms with Crippen molar-refractivity contribution in [3.8, 4) is 17.0 Å². The molecule has 3 rings (SSSR count). The number of ether oxygens (including phenoxy) is 2. The third-order valence-corrected chi connectivity index (χ3v) is 5.94. The van der Waals surface area contributed by atoms with Gasteiger partial charge in [0, 0.05) is 28.8 Å². The summed E-state index contributed by atoms with van der Waals surface area (Å²) in [5.74, 6) is -2.83. The maximum Gasteiger partial charge on any atom is 0.422 e. The summed E-state index contributed by atoms with van der Waals surface area (Å²) >= 11 is 6.35. The predicted molar refractivity (Wildman–Crippen MR) is 117 cm³/mol. The average Bonchev–Trinajstić information content (AvgIpc) is 2.81. The van der Waals surface area contributed by atoms with Gasteiger partial charge in [-0.25, -0.2) is 14.2 Å². The SMILES string of the molecule is COC(=O)c1ccc(F)cc1-c1ccc(C(C)C(O)(c2ccc(OC)nc2)C(F)(F)F)c(Cl)c1. The first kappa shape index (κ1) is 25.5. The van der Waals surface area contributed by atoms with Crippen LogP contribution in [0.2, 0.25) is 5.02 Å². The first-order valence-electron chi connectivity index (χ1n) is 9.91. The highest BCUT2D eigenvalue weighted by Crippen LogP contribution is 2.50. The highest BCUT2D eigenvalue weighted by atomic mass is 35.5. The summed E-state index contributed by atoms with van der Waals surface area (Å²) in [6.45, 7) is 1.18. The maximum atomic E-state index is 14.2. The monoisotopic (exact) mass is 497 g/mol. The van der Waals surface area contributed by atoms with Crippen LogP contribution in [0.4, 0.5) is 17.6 Å². The van der Waals surface area contributed by atoms with Gasteiger partial charge >= 0.3 is 12.1 Å². The standard InChI is InChI=1S/C24H20ClF4NO4/c1-13(23(32,24(27,28)29)15-5-9-21(33-2)30-12-15)17-7-4-14(10-20(17)25)19-11-16(26)6-8-18(19)22(31)34-3/h4-13,32H,1-3H3. The average molecular weight is 498 g/mol. The predicted octanol–water partition coefficient (Wildman–Crippen LogP) is 5.89. The fourth-order valence-corrected chi connectivity index (χ4v) is 4.04. The molecule has 2 atom stereocenters. The van der Waals surface area contributed by atoms with Crippen LogP contribution in [0.5, 0.6) is 5.88 Å². The number of aliphatic hydroxyl groups is 1. The van der Waals surface area contributed by atoms with E-state index in [1.54, 1.807) is 0 Å². The Balaban J connectivity index is 2.10. The van der Waals surface area contributed by atoms with Crippen molar-refractivity contribution in [3.05, 3.63) is 82.3 Å². The lowest BCUT2D eigenvalue weighted by Gasteiger charge is -2.36. The van der Waals surface area contributed by atoms with Crippen LogP contribution in [0.25, 0.3) is 11.1 Å². The van der Waals surface area contributed by atoms with Crippen molar-refractivity contribution in [1.82, 2.24) is 4.98 Å². The summed E-state index contributed by atoms with van der Waals surface area (Å²) in [6, 6.07) is 9.69. The molecule has 0 bridgehead atoms. The number of halogens is 5. The van der Waals surface area contributed by atoms with Crippen LogP contribution in [0, 0.1) is 5.82 Å². The number of hydrogen-bond acceptors (Lipinski definition) is 5. The number of methoxy groups -OCH3 is 2. The number of carbonyl (C=O) groups excluding carboxylic acids is 1. The highest BCUT2D eigenvalue weighted by molar-refractivity contribution is 6.31. The Morgan fingerprint density at radius 2 is 1.79 bits per heavy atom. The van der Waals surface area contributed by atoms with Gasteiger partial charge in [-0.05, 0) is 47.0 Å². The van der Waals surface area contributed by atoms with E-state index in [9.17, 15) is 27.5 Å². The second-order valence-electron chi connectivity index (χ2n) is 7.49. The molecule has 10 heteroatoms. The number of hydrogen-bond donors (Lipinski definition) is 1. The summed E-state index contributed by atoms with van der Waals surface area (Å²) < 4.78 is 66.0. The summed E-state index contributed by atoms with van der Waals surface area (Å²) in [5.41, 5.74) is -3.35. The molecule has 180 valence electrons. The molecule has 5 nitrogen and oxygen atoms in total. The van der Waals surface area contributed by atoms with Gasteiger partial charge in [0.15, 0.2) is 5.60 Å². The maximum absolute atomic E-state index is 14.2. The Hall–Kier alpha value is -3.17. The first-order valence-corrected chi connectivity index (χ1v) is 10.3. The quantitative estimate of drug-likeness (QED) is 0.340. The molecule has 2 aromatic carbocycles. The second-order valence-corrected chi connectivity index (χ2v) is 7.90. The van der Waals surface area contributed by atoms with Gasteiger partial charge in [-0.2, -0.15) is 13.2 Å². The van der Waals surface area contributed by atoms with Gasteiger partial charge in [-0.15, -0.1) is 0 Å². The lowest BCUT2D eigenvalue weighted by atomic mass is 9.78. The molecule has 1 aromatic heterocycles. The molecule has 0 saturated carbocycles. The zero-order valence-corrected chi connectivity index (χ0v) is 19.0. The molecule has 0 fully saturated rings. The number of carbonyl (C=O) groups is 1. The molecule has 0 aliphatic heterocycles. The molecule has 1 N–H and O–H groups in total. The molecule has 0 spiro atoms. The zero-order chi connectivity index (χ0) is 25.3. The molecule has 0 aliphatic carbocycles. The number of nitrogens with zero attached hydrogens (tertiary/aromatic N) is 1. The van der Waals surface area contributed by atoms with E-state index < -0.39 is 35.0 Å². The van der Waals surface area contributed by atoms with Crippen molar-refractivity contribution in [2.75, 3.05) is 14.2 Å². The van der Waals surface area contributed by atoms with Crippen molar-refractivity contribution < 1.29 is 36.9 Å². The van der Waals surface area contributed by atoms with Crippen molar-refractivity contribution in [1.29, 1.82) is 0 Å². The lowest BCUT2D eigenvalue weighted by molar-refractivity contribution is -0.274. The number of rotatable bonds is 6. The van der Waals surface area contributed by atoms with Gasteiger partial charge in [-0.3, -0.25) is 0 Å². The van der Waals surface area contributed by atoms with E-state index in [1.165, 1.54) is 51.5 Å². The Morgan fingerprint density at radius 1 is 1.09 bits per heavy atom. The number of aromatic nitrogens is 1. The number of pyridine rings is 1. The molecule has 0 amide bonds. The van der Waals surface area contributed by atoms with Gasteiger partial charge in [0.2, 0.25) is 5.88 Å². The summed E-state index contributed by atoms with van der Waals surface area (Å²) in [7, 11) is 2.48. The van der Waals surface area contributed by atoms with Crippen LogP contribution in [0.15, 0.2) is 54.7 Å². The van der Waals surface area contributed by atoms with Crippen molar-refractivity contribution in [2.24, 2.45) is 0 Å². The molecule has 34 heavy (non-hydrogen) atoms. The van der Waals surface area contributed by atoms with E-state index in [0.717, 1.165) is 24.4 Å². The van der Waals surface area contributed by atoms with Crippen molar-refractivity contribution >= 4 is 17.6 Å². The van der Waals surface area contributed by atoms with E-state index >= 15 is 0 Å². The summed E-state index contributed by atoms with van der Waals surface area (Å²) in [5, 5.41) is 10.8. The molecule has 0 aliphatic rings. The Morgan fingerprint density at radius 3 is 2.32 bits per heavy atom. The fourth-order valence-electron chi connectivity index (χ4n) is 3.70. The highest BCUT2D eigenvalue weighted by Gasteiger charge is 2.59. The smallest absolute Gasteiger partial charge is 0.422 e. The first-order chi connectivity index (χ1) is 15.9. The number of alkyl halides is 3. The van der Waals surface area contributed by atoms with Crippen molar-refractivity contribution in [2.45, 2.75) is 24.6 Å². The second kappa shape index (κ2) is 9.60. The van der Waals surface area contributed by atoms with Crippen LogP contribution in [0.3, 0.4) is 0 Å². The molecule has 2 unspecified atom stereocenters. The van der Waals surface area contributed by atoms with Gasteiger partial charge < -0.3 is 14.6 Å². The van der Waals surface area contributed by atoms with Crippen LogP contribution in [-0.2, 0) is 10.3 Å². The van der Waals surface area contributed by atoms with E-state index in [4.69, 9.17) is 21.1 Å². The van der Waals surface area contributed by atoms with Gasteiger partial charge in [0.25, 0.3) is 0 Å². The molecule has 0 radical (unpaired) electrons. The fraction of sp³-hybridized carbons (Fsp3) is 0.250. The number of benzene rings is 2. The summed E-state index contributed by atoms with van der Waals surface area (Å²) in [4.78, 5) is 15.8. The molecule has 0 saturated heterocycles. The zero-order valence-electron chi connectivity index (χ0n) is 18.3.